The van der Waals surface area contributed by atoms with Crippen LogP contribution in [0.5, 0.6) is 5.75 Å². The Hall–Kier alpha value is -3.56. The number of amides is 2. The summed E-state index contributed by atoms with van der Waals surface area (Å²) in [5.41, 5.74) is 2.81. The van der Waals surface area contributed by atoms with Crippen LogP contribution in [0.4, 0.5) is 5.69 Å². The molecule has 0 heterocycles. The molecule has 0 spiro atoms. The number of nitrogens with one attached hydrogen (secondary N) is 1. The van der Waals surface area contributed by atoms with Crippen LogP contribution in [0.15, 0.2) is 71.6 Å². The van der Waals surface area contributed by atoms with Gasteiger partial charge < -0.3 is 15.0 Å². The molecule has 0 fully saturated rings. The van der Waals surface area contributed by atoms with E-state index in [-0.39, 0.29) is 39.8 Å². The van der Waals surface area contributed by atoms with Gasteiger partial charge in [0.2, 0.25) is 11.8 Å². The molecule has 8 nitrogen and oxygen atoms in total. The average molecular weight is 614 g/mol. The van der Waals surface area contributed by atoms with Crippen molar-refractivity contribution in [1.82, 2.24) is 10.2 Å². The van der Waals surface area contributed by atoms with E-state index >= 15 is 0 Å². The summed E-state index contributed by atoms with van der Waals surface area (Å²) in [5.74, 6) is -0.598. The van der Waals surface area contributed by atoms with Gasteiger partial charge >= 0.3 is 0 Å². The standard InChI is InChI=1S/C32H40ClN3O5S/c1-7-24(5)34-32(38)28(8-2)35(20-25-12-10-9-11-23(25)4)31(37)21-36(29-19-26(33)15-18-30(29)41-6)42(39,40)27-16-13-22(3)14-17-27/h9-19,24,28H,7-8,20-21H2,1-6H3,(H,34,38). The maximum Gasteiger partial charge on any atom is 0.264 e. The Morgan fingerprint density at radius 1 is 0.976 bits per heavy atom. The second-order valence-corrected chi connectivity index (χ2v) is 12.6. The van der Waals surface area contributed by atoms with Crippen LogP contribution in [0.2, 0.25) is 5.02 Å². The van der Waals surface area contributed by atoms with Crippen molar-refractivity contribution < 1.29 is 22.7 Å². The molecule has 3 aromatic carbocycles. The Balaban J connectivity index is 2.14. The minimum absolute atomic E-state index is 0.00920. The molecule has 0 saturated carbocycles. The summed E-state index contributed by atoms with van der Waals surface area (Å²) >= 11 is 6.31. The summed E-state index contributed by atoms with van der Waals surface area (Å²) in [5, 5.41) is 3.26. The lowest BCUT2D eigenvalue weighted by Crippen LogP contribution is -2.53. The van der Waals surface area contributed by atoms with E-state index in [0.717, 1.165) is 27.4 Å². The Kier molecular flexibility index (Phi) is 11.4. The number of ether oxygens (including phenoxy) is 1. The fourth-order valence-corrected chi connectivity index (χ4v) is 6.12. The van der Waals surface area contributed by atoms with Gasteiger partial charge in [0.1, 0.15) is 18.3 Å². The number of hydrogen-bond acceptors (Lipinski definition) is 5. The molecule has 0 bridgehead atoms. The van der Waals surface area contributed by atoms with Crippen molar-refractivity contribution in [2.45, 2.75) is 71.0 Å². The lowest BCUT2D eigenvalue weighted by Gasteiger charge is -2.34. The smallest absolute Gasteiger partial charge is 0.264 e. The minimum Gasteiger partial charge on any atom is -0.495 e. The van der Waals surface area contributed by atoms with Crippen LogP contribution < -0.4 is 14.4 Å². The first-order chi connectivity index (χ1) is 19.9. The Morgan fingerprint density at radius 3 is 2.24 bits per heavy atom. The molecule has 2 unspecified atom stereocenters. The van der Waals surface area contributed by atoms with Crippen molar-refractivity contribution in [3.63, 3.8) is 0 Å². The fraction of sp³-hybridized carbons (Fsp3) is 0.375. The third-order valence-corrected chi connectivity index (χ3v) is 9.30. The van der Waals surface area contributed by atoms with E-state index in [1.807, 2.05) is 58.9 Å². The molecule has 0 aromatic heterocycles. The summed E-state index contributed by atoms with van der Waals surface area (Å²) in [7, 11) is -2.84. The highest BCUT2D eigenvalue weighted by molar-refractivity contribution is 7.92. The summed E-state index contributed by atoms with van der Waals surface area (Å²) < 4.78 is 34.8. The van der Waals surface area contributed by atoms with Crippen LogP contribution in [0.1, 0.15) is 50.3 Å². The number of halogens is 1. The quantitative estimate of drug-likeness (QED) is 0.260. The summed E-state index contributed by atoms with van der Waals surface area (Å²) in [4.78, 5) is 29.2. The molecule has 1 N–H and O–H groups in total. The Labute approximate surface area is 254 Å². The predicted molar refractivity (Wildman–Crippen MR) is 167 cm³/mol. The van der Waals surface area contributed by atoms with Gasteiger partial charge in [-0.1, -0.05) is 67.4 Å². The van der Waals surface area contributed by atoms with Crippen molar-refractivity contribution in [2.24, 2.45) is 0 Å². The zero-order valence-electron chi connectivity index (χ0n) is 25.1. The molecule has 10 heteroatoms. The largest absolute Gasteiger partial charge is 0.495 e. The molecule has 3 aromatic rings. The molecule has 0 aliphatic rings. The maximum absolute atomic E-state index is 14.3. The SMILES string of the molecule is CCC(C)NC(=O)C(CC)N(Cc1ccccc1C)C(=O)CN(c1cc(Cl)ccc1OC)S(=O)(=O)c1ccc(C)cc1. The fourth-order valence-electron chi connectivity index (χ4n) is 4.54. The van der Waals surface area contributed by atoms with Gasteiger partial charge in [0.25, 0.3) is 10.0 Å². The van der Waals surface area contributed by atoms with Gasteiger partial charge in [-0.05, 0) is 75.1 Å². The van der Waals surface area contributed by atoms with E-state index in [4.69, 9.17) is 16.3 Å². The highest BCUT2D eigenvalue weighted by atomic mass is 35.5. The molecule has 42 heavy (non-hydrogen) atoms. The van der Waals surface area contributed by atoms with Gasteiger partial charge in [-0.2, -0.15) is 0 Å². The van der Waals surface area contributed by atoms with Gasteiger partial charge in [0.05, 0.1) is 17.7 Å². The predicted octanol–water partition coefficient (Wildman–Crippen LogP) is 5.88. The molecule has 0 aliphatic carbocycles. The number of rotatable bonds is 13. The zero-order chi connectivity index (χ0) is 31.0. The Morgan fingerprint density at radius 2 is 1.64 bits per heavy atom. The number of benzene rings is 3. The van der Waals surface area contributed by atoms with Crippen molar-refractivity contribution in [2.75, 3.05) is 18.0 Å². The second-order valence-electron chi connectivity index (χ2n) is 10.3. The van der Waals surface area contributed by atoms with Gasteiger partial charge in [-0.15, -0.1) is 0 Å². The van der Waals surface area contributed by atoms with Crippen LogP contribution in [-0.4, -0.2) is 50.9 Å². The Bertz CT molecular complexity index is 1490. The van der Waals surface area contributed by atoms with Gasteiger partial charge in [0, 0.05) is 17.6 Å². The number of anilines is 1. The van der Waals surface area contributed by atoms with E-state index in [1.165, 1.54) is 30.2 Å². The van der Waals surface area contributed by atoms with Crippen LogP contribution >= 0.6 is 11.6 Å². The minimum atomic E-state index is -4.26. The molecule has 0 radical (unpaired) electrons. The summed E-state index contributed by atoms with van der Waals surface area (Å²) in [6.45, 7) is 9.04. The first-order valence-electron chi connectivity index (χ1n) is 14.0. The zero-order valence-corrected chi connectivity index (χ0v) is 26.6. The number of aryl methyl sites for hydroxylation is 2. The van der Waals surface area contributed by atoms with Crippen molar-refractivity contribution >= 4 is 39.1 Å². The van der Waals surface area contributed by atoms with Crippen molar-refractivity contribution in [1.29, 1.82) is 0 Å². The van der Waals surface area contributed by atoms with E-state index in [9.17, 15) is 18.0 Å². The number of nitrogens with zero attached hydrogens (tertiary/aromatic N) is 2. The van der Waals surface area contributed by atoms with Gasteiger partial charge in [-0.25, -0.2) is 8.42 Å². The number of hydrogen-bond donors (Lipinski definition) is 1. The highest BCUT2D eigenvalue weighted by Gasteiger charge is 2.35. The van der Waals surface area contributed by atoms with Crippen LogP contribution in [0.25, 0.3) is 0 Å². The molecular formula is C32H40ClN3O5S. The van der Waals surface area contributed by atoms with Crippen LogP contribution in [-0.2, 0) is 26.2 Å². The molecule has 0 aliphatic heterocycles. The van der Waals surface area contributed by atoms with Gasteiger partial charge in [0.15, 0.2) is 0 Å². The normalized spacial score (nSPS) is 12.7. The molecular weight excluding hydrogens is 574 g/mol. The first-order valence-corrected chi connectivity index (χ1v) is 15.8. The third-order valence-electron chi connectivity index (χ3n) is 7.29. The number of methoxy groups -OCH3 is 1. The summed E-state index contributed by atoms with van der Waals surface area (Å²) in [6.07, 6.45) is 1.07. The average Bonchev–Trinajstić information content (AvgIpc) is 2.96. The number of sulfonamides is 1. The topological polar surface area (TPSA) is 96.0 Å². The van der Waals surface area contributed by atoms with E-state index in [1.54, 1.807) is 24.3 Å². The monoisotopic (exact) mass is 613 g/mol. The van der Waals surface area contributed by atoms with E-state index in [2.05, 4.69) is 5.32 Å². The second kappa shape index (κ2) is 14.6. The molecule has 2 amide bonds. The van der Waals surface area contributed by atoms with E-state index in [0.29, 0.717) is 6.42 Å². The lowest BCUT2D eigenvalue weighted by atomic mass is 10.1. The summed E-state index contributed by atoms with van der Waals surface area (Å²) in [6, 6.07) is 17.7. The van der Waals surface area contributed by atoms with Crippen LogP contribution in [0.3, 0.4) is 0 Å². The highest BCUT2D eigenvalue weighted by Crippen LogP contribution is 2.35. The molecule has 0 saturated heterocycles. The van der Waals surface area contributed by atoms with E-state index < -0.39 is 28.5 Å². The third kappa shape index (κ3) is 7.83. The van der Waals surface area contributed by atoms with Gasteiger partial charge in [-0.3, -0.25) is 13.9 Å². The lowest BCUT2D eigenvalue weighted by molar-refractivity contribution is -0.140. The first kappa shape index (κ1) is 32.9. The molecule has 2 atom stereocenters. The van der Waals surface area contributed by atoms with Crippen molar-refractivity contribution in [3.05, 3.63) is 88.4 Å². The number of carbonyl (C=O) groups is 2. The molecule has 226 valence electrons. The molecule has 3 rings (SSSR count). The number of carbonyl (C=O) groups excluding carboxylic acids is 2. The maximum atomic E-state index is 14.3. The van der Waals surface area contributed by atoms with Crippen LogP contribution in [0, 0.1) is 13.8 Å². The van der Waals surface area contributed by atoms with Crippen molar-refractivity contribution in [3.8, 4) is 5.75 Å².